The van der Waals surface area contributed by atoms with Crippen LogP contribution in [0.4, 0.5) is 0 Å². The molecule has 7 nitrogen and oxygen atoms in total. The van der Waals surface area contributed by atoms with Gasteiger partial charge in [0.25, 0.3) is 11.9 Å². The maximum atomic E-state index is 12.8. The molecular formula is C24H28N6O. The Labute approximate surface area is 182 Å². The second kappa shape index (κ2) is 8.23. The maximum absolute atomic E-state index is 12.8. The number of fused-ring (bicyclic) bond motifs is 3. The van der Waals surface area contributed by atoms with E-state index in [4.69, 9.17) is 4.98 Å². The quantitative estimate of drug-likeness (QED) is 0.708. The highest BCUT2D eigenvalue weighted by molar-refractivity contribution is 5.95. The Bertz CT molecular complexity index is 1120. The largest absolute Gasteiger partial charge is 0.352 e. The predicted octanol–water partition coefficient (Wildman–Crippen LogP) is 2.81. The van der Waals surface area contributed by atoms with Gasteiger partial charge in [-0.3, -0.25) is 4.79 Å². The minimum Gasteiger partial charge on any atom is -0.352 e. The number of benzene rings is 1. The smallest absolute Gasteiger partial charge is 0.254 e. The van der Waals surface area contributed by atoms with E-state index in [-0.39, 0.29) is 5.91 Å². The van der Waals surface area contributed by atoms with Crippen molar-refractivity contribution in [2.45, 2.75) is 32.6 Å². The highest BCUT2D eigenvalue weighted by atomic mass is 16.1. The number of aromatic nitrogens is 4. The first-order chi connectivity index (χ1) is 15.1. The Morgan fingerprint density at radius 3 is 2.90 bits per heavy atom. The molecule has 1 N–H and O–H groups in total. The van der Waals surface area contributed by atoms with Gasteiger partial charge in [-0.05, 0) is 63.2 Å². The second-order valence-corrected chi connectivity index (χ2v) is 8.74. The molecule has 7 heteroatoms. The van der Waals surface area contributed by atoms with Crippen LogP contribution in [0.2, 0.25) is 0 Å². The zero-order chi connectivity index (χ0) is 21.4. The Balaban J connectivity index is 1.36. The summed E-state index contributed by atoms with van der Waals surface area (Å²) in [5.41, 5.74) is 5.92. The maximum Gasteiger partial charge on any atom is 0.254 e. The standard InChI is InChI=1S/C24H28N6O/c1-16-21(23(31)25-12-17-6-5-11-29(2)15-17)14-27-30(16)24-26-13-19-10-9-18-7-3-4-8-20(18)22(19)28-24/h3-4,7-8,13-14,17H,5-6,9-12,15H2,1-2H3,(H,25,31)/t17-/m1/s1. The zero-order valence-corrected chi connectivity index (χ0v) is 18.1. The molecule has 3 aromatic rings. The van der Waals surface area contributed by atoms with Gasteiger partial charge < -0.3 is 10.2 Å². The van der Waals surface area contributed by atoms with Crippen LogP contribution in [0.15, 0.2) is 36.7 Å². The molecule has 1 aliphatic heterocycles. The number of amides is 1. The van der Waals surface area contributed by atoms with Crippen molar-refractivity contribution < 1.29 is 4.79 Å². The van der Waals surface area contributed by atoms with Gasteiger partial charge in [-0.1, -0.05) is 24.3 Å². The minimum absolute atomic E-state index is 0.0831. The minimum atomic E-state index is -0.0831. The Morgan fingerprint density at radius 1 is 1.19 bits per heavy atom. The number of nitrogens with one attached hydrogen (secondary N) is 1. The van der Waals surface area contributed by atoms with E-state index in [1.54, 1.807) is 10.9 Å². The van der Waals surface area contributed by atoms with E-state index >= 15 is 0 Å². The van der Waals surface area contributed by atoms with Crippen LogP contribution >= 0.6 is 0 Å². The van der Waals surface area contributed by atoms with E-state index in [1.165, 1.54) is 12.0 Å². The number of carbonyl (C=O) groups is 1. The molecule has 31 heavy (non-hydrogen) atoms. The van der Waals surface area contributed by atoms with Gasteiger partial charge in [0.2, 0.25) is 0 Å². The van der Waals surface area contributed by atoms with E-state index in [1.807, 2.05) is 19.2 Å². The molecule has 160 valence electrons. The first-order valence-corrected chi connectivity index (χ1v) is 11.1. The number of likely N-dealkylation sites (tertiary alicyclic amines) is 1. The summed E-state index contributed by atoms with van der Waals surface area (Å²) in [6.45, 7) is 4.76. The van der Waals surface area contributed by atoms with Gasteiger partial charge in [-0.15, -0.1) is 0 Å². The Morgan fingerprint density at radius 2 is 2.03 bits per heavy atom. The van der Waals surface area contributed by atoms with E-state index < -0.39 is 0 Å². The first kappa shape index (κ1) is 19.9. The molecule has 1 aliphatic carbocycles. The summed E-state index contributed by atoms with van der Waals surface area (Å²) in [5.74, 6) is 0.920. The van der Waals surface area contributed by atoms with E-state index in [0.29, 0.717) is 24.0 Å². The fourth-order valence-electron chi connectivity index (χ4n) is 4.76. The average molecular weight is 417 g/mol. The van der Waals surface area contributed by atoms with Crippen molar-refractivity contribution in [3.05, 3.63) is 59.0 Å². The molecule has 0 radical (unpaired) electrons. The number of piperidine rings is 1. The lowest BCUT2D eigenvalue weighted by Crippen LogP contribution is -2.39. The van der Waals surface area contributed by atoms with Crippen molar-refractivity contribution in [1.82, 2.24) is 30.0 Å². The molecule has 5 rings (SSSR count). The predicted molar refractivity (Wildman–Crippen MR) is 119 cm³/mol. The molecule has 1 amide bonds. The van der Waals surface area contributed by atoms with Crippen molar-refractivity contribution in [1.29, 1.82) is 0 Å². The van der Waals surface area contributed by atoms with E-state index in [2.05, 4.69) is 45.5 Å². The molecule has 2 aromatic heterocycles. The van der Waals surface area contributed by atoms with Crippen molar-refractivity contribution in [3.63, 3.8) is 0 Å². The lowest BCUT2D eigenvalue weighted by molar-refractivity contribution is 0.0936. The molecule has 0 spiro atoms. The summed E-state index contributed by atoms with van der Waals surface area (Å²) in [5, 5.41) is 7.54. The Hall–Kier alpha value is -3.06. The van der Waals surface area contributed by atoms with Gasteiger partial charge in [-0.25, -0.2) is 14.6 Å². The molecule has 0 saturated carbocycles. The first-order valence-electron chi connectivity index (χ1n) is 11.1. The average Bonchev–Trinajstić information content (AvgIpc) is 3.18. The number of carbonyl (C=O) groups excluding carboxylic acids is 1. The summed E-state index contributed by atoms with van der Waals surface area (Å²) >= 11 is 0. The van der Waals surface area contributed by atoms with Gasteiger partial charge in [0.1, 0.15) is 0 Å². The van der Waals surface area contributed by atoms with Gasteiger partial charge >= 0.3 is 0 Å². The van der Waals surface area contributed by atoms with Crippen LogP contribution in [-0.4, -0.2) is 57.2 Å². The van der Waals surface area contributed by atoms with Crippen LogP contribution in [0.3, 0.4) is 0 Å². The highest BCUT2D eigenvalue weighted by Crippen LogP contribution is 2.31. The van der Waals surface area contributed by atoms with Crippen LogP contribution < -0.4 is 5.32 Å². The molecule has 1 aromatic carbocycles. The van der Waals surface area contributed by atoms with Gasteiger partial charge in [0.05, 0.1) is 23.1 Å². The molecule has 1 saturated heterocycles. The van der Waals surface area contributed by atoms with Crippen molar-refractivity contribution in [3.8, 4) is 17.2 Å². The van der Waals surface area contributed by atoms with E-state index in [9.17, 15) is 4.79 Å². The van der Waals surface area contributed by atoms with Crippen LogP contribution in [0.25, 0.3) is 17.2 Å². The number of rotatable bonds is 4. The van der Waals surface area contributed by atoms with Gasteiger partial charge in [-0.2, -0.15) is 5.10 Å². The normalized spacial score (nSPS) is 18.3. The van der Waals surface area contributed by atoms with Crippen molar-refractivity contribution >= 4 is 5.91 Å². The van der Waals surface area contributed by atoms with Crippen LogP contribution in [0, 0.1) is 12.8 Å². The number of aryl methyl sites for hydroxylation is 2. The molecule has 0 bridgehead atoms. The number of nitrogens with zero attached hydrogens (tertiary/aromatic N) is 5. The fraction of sp³-hybridized carbons (Fsp3) is 0.417. The summed E-state index contributed by atoms with van der Waals surface area (Å²) in [4.78, 5) is 24.5. The highest BCUT2D eigenvalue weighted by Gasteiger charge is 2.22. The van der Waals surface area contributed by atoms with E-state index in [0.717, 1.165) is 54.9 Å². The van der Waals surface area contributed by atoms with Crippen LogP contribution in [0.1, 0.15) is 40.0 Å². The number of hydrogen-bond acceptors (Lipinski definition) is 5. The molecular weight excluding hydrogens is 388 g/mol. The summed E-state index contributed by atoms with van der Waals surface area (Å²) < 4.78 is 1.67. The third-order valence-corrected chi connectivity index (χ3v) is 6.51. The molecule has 1 atom stereocenters. The van der Waals surface area contributed by atoms with Gasteiger partial charge in [0, 0.05) is 24.8 Å². The summed E-state index contributed by atoms with van der Waals surface area (Å²) in [7, 11) is 2.14. The van der Waals surface area contributed by atoms with Crippen molar-refractivity contribution in [2.75, 3.05) is 26.7 Å². The Kier molecular flexibility index (Phi) is 5.28. The molecule has 2 aliphatic rings. The monoisotopic (exact) mass is 416 g/mol. The lowest BCUT2D eigenvalue weighted by Gasteiger charge is -2.29. The molecule has 3 heterocycles. The van der Waals surface area contributed by atoms with Crippen LogP contribution in [0.5, 0.6) is 0 Å². The summed E-state index contributed by atoms with van der Waals surface area (Å²) in [6, 6.07) is 8.38. The van der Waals surface area contributed by atoms with Gasteiger partial charge in [0.15, 0.2) is 0 Å². The fourth-order valence-corrected chi connectivity index (χ4v) is 4.76. The zero-order valence-electron chi connectivity index (χ0n) is 18.1. The van der Waals surface area contributed by atoms with Crippen LogP contribution in [-0.2, 0) is 12.8 Å². The molecule has 1 fully saturated rings. The second-order valence-electron chi connectivity index (χ2n) is 8.74. The SMILES string of the molecule is Cc1c(C(=O)NC[C@H]2CCCN(C)C2)cnn1-c1ncc2c(n1)-c1ccccc1CC2. The topological polar surface area (TPSA) is 75.9 Å². The number of hydrogen-bond donors (Lipinski definition) is 1. The third kappa shape index (κ3) is 3.85. The third-order valence-electron chi connectivity index (χ3n) is 6.51. The lowest BCUT2D eigenvalue weighted by atomic mass is 9.90. The molecule has 0 unspecified atom stereocenters. The van der Waals surface area contributed by atoms with Crippen molar-refractivity contribution in [2.24, 2.45) is 5.92 Å². The summed E-state index contributed by atoms with van der Waals surface area (Å²) in [6.07, 6.45) is 7.81.